The molecule has 0 aliphatic heterocycles. The van der Waals surface area contributed by atoms with Crippen molar-refractivity contribution < 1.29 is 0 Å². The fourth-order valence-corrected chi connectivity index (χ4v) is 16.9. The van der Waals surface area contributed by atoms with Crippen molar-refractivity contribution in [1.82, 2.24) is 0 Å². The first-order chi connectivity index (χ1) is 41.4. The first-order valence-corrected chi connectivity index (χ1v) is 30.9. The normalized spacial score (nSPS) is 14.6. The number of thiophene rings is 1. The molecule has 1 heterocycles. The molecule has 0 fully saturated rings. The van der Waals surface area contributed by atoms with Gasteiger partial charge in [0.05, 0.1) is 5.41 Å². The third-order valence-corrected chi connectivity index (χ3v) is 21.1. The molecule has 0 atom stereocenters. The molecule has 0 amide bonds. The third kappa shape index (κ3) is 7.05. The van der Waals surface area contributed by atoms with E-state index in [9.17, 15) is 0 Å². The number of rotatable bonds is 7. The summed E-state index contributed by atoms with van der Waals surface area (Å²) in [5, 5.41) is 2.57. The van der Waals surface area contributed by atoms with E-state index in [0.29, 0.717) is 0 Å². The van der Waals surface area contributed by atoms with E-state index in [4.69, 9.17) is 0 Å². The van der Waals surface area contributed by atoms with Gasteiger partial charge in [-0.1, -0.05) is 203 Å². The number of aryl methyl sites for hydroxylation is 3. The molecule has 406 valence electrons. The van der Waals surface area contributed by atoms with Crippen LogP contribution in [-0.4, -0.2) is 0 Å². The van der Waals surface area contributed by atoms with Crippen LogP contribution in [0.25, 0.3) is 75.8 Å². The molecule has 0 saturated carbocycles. The summed E-state index contributed by atoms with van der Waals surface area (Å²) >= 11 is 1.87. The van der Waals surface area contributed by atoms with Gasteiger partial charge in [0, 0.05) is 65.1 Å². The lowest BCUT2D eigenvalue weighted by Crippen LogP contribution is -2.26. The molecule has 0 unspecified atom stereocenters. The smallest absolute Gasteiger partial charge is 0.0726 e. The Hall–Kier alpha value is -9.54. The highest BCUT2D eigenvalue weighted by molar-refractivity contribution is 7.25. The Labute approximate surface area is 502 Å². The van der Waals surface area contributed by atoms with Gasteiger partial charge in [0.15, 0.2) is 0 Å². The maximum atomic E-state index is 2.51. The van der Waals surface area contributed by atoms with Crippen LogP contribution in [0.2, 0.25) is 0 Å². The fourth-order valence-electron chi connectivity index (χ4n) is 15.8. The average molecular weight is 1110 g/mol. The highest BCUT2D eigenvalue weighted by atomic mass is 32.1. The maximum Gasteiger partial charge on any atom is 0.0726 e. The second-order valence-electron chi connectivity index (χ2n) is 25.4. The predicted octanol–water partition coefficient (Wildman–Crippen LogP) is 22.5. The van der Waals surface area contributed by atoms with Crippen molar-refractivity contribution in [2.45, 2.75) is 64.7 Å². The number of hydrogen-bond acceptors (Lipinski definition) is 3. The Bertz CT molecular complexity index is 4830. The molecule has 12 aromatic carbocycles. The van der Waals surface area contributed by atoms with Crippen LogP contribution in [0.15, 0.2) is 249 Å². The summed E-state index contributed by atoms with van der Waals surface area (Å²) in [6, 6.07) is 95.2. The second-order valence-corrected chi connectivity index (χ2v) is 26.5. The predicted molar refractivity (Wildman–Crippen MR) is 360 cm³/mol. The number of fused-ring (bicyclic) bond motifs is 19. The van der Waals surface area contributed by atoms with Crippen LogP contribution in [0, 0.1) is 20.8 Å². The van der Waals surface area contributed by atoms with E-state index in [1.165, 1.54) is 137 Å². The molecule has 0 saturated heterocycles. The van der Waals surface area contributed by atoms with Gasteiger partial charge in [-0.15, -0.1) is 11.3 Å². The summed E-state index contributed by atoms with van der Waals surface area (Å²) in [4.78, 5) is 4.99. The largest absolute Gasteiger partial charge is 0.310 e. The van der Waals surface area contributed by atoms with Crippen molar-refractivity contribution in [3.8, 4) is 55.6 Å². The minimum Gasteiger partial charge on any atom is -0.310 e. The zero-order valence-electron chi connectivity index (χ0n) is 49.0. The number of anilines is 6. The van der Waals surface area contributed by atoms with Crippen LogP contribution >= 0.6 is 11.3 Å². The van der Waals surface area contributed by atoms with E-state index < -0.39 is 5.41 Å². The van der Waals surface area contributed by atoms with E-state index in [-0.39, 0.29) is 10.8 Å². The van der Waals surface area contributed by atoms with Crippen molar-refractivity contribution >= 4 is 65.6 Å². The van der Waals surface area contributed by atoms with Gasteiger partial charge in [0.25, 0.3) is 0 Å². The van der Waals surface area contributed by atoms with Crippen molar-refractivity contribution in [3.63, 3.8) is 0 Å². The fraction of sp³-hybridized carbons (Fsp3) is 0.122. The molecule has 3 heteroatoms. The molecule has 0 radical (unpaired) electrons. The molecular formula is C82H62N2S. The summed E-state index contributed by atoms with van der Waals surface area (Å²) in [5.41, 5.74) is 33.7. The van der Waals surface area contributed by atoms with Gasteiger partial charge in [-0.25, -0.2) is 0 Å². The minimum absolute atomic E-state index is 0.146. The van der Waals surface area contributed by atoms with E-state index in [1.54, 1.807) is 0 Å². The van der Waals surface area contributed by atoms with Crippen molar-refractivity contribution in [2.24, 2.45) is 0 Å². The Morgan fingerprint density at radius 3 is 1.16 bits per heavy atom. The van der Waals surface area contributed by atoms with Gasteiger partial charge in [-0.2, -0.15) is 0 Å². The Balaban J connectivity index is 0.792. The summed E-state index contributed by atoms with van der Waals surface area (Å²) in [6.45, 7) is 16.3. The van der Waals surface area contributed by atoms with Gasteiger partial charge in [-0.05, 0) is 211 Å². The first kappa shape index (κ1) is 50.0. The second kappa shape index (κ2) is 18.0. The lowest BCUT2D eigenvalue weighted by molar-refractivity contribution is 0.659. The maximum absolute atomic E-state index is 2.51. The molecule has 1 spiro atoms. The highest BCUT2D eigenvalue weighted by Gasteiger charge is 2.52. The average Bonchev–Trinajstić information content (AvgIpc) is 1.53. The number of benzene rings is 12. The molecule has 13 aromatic rings. The van der Waals surface area contributed by atoms with Gasteiger partial charge in [-0.3, -0.25) is 0 Å². The molecule has 4 aliphatic rings. The summed E-state index contributed by atoms with van der Waals surface area (Å²) in [7, 11) is 0. The molecule has 17 rings (SSSR count). The van der Waals surface area contributed by atoms with Gasteiger partial charge >= 0.3 is 0 Å². The number of hydrogen-bond donors (Lipinski definition) is 0. The third-order valence-electron chi connectivity index (χ3n) is 19.9. The molecule has 4 aliphatic carbocycles. The molecule has 2 nitrogen and oxygen atoms in total. The first-order valence-electron chi connectivity index (χ1n) is 30.0. The lowest BCUT2D eigenvalue weighted by Gasteiger charge is -2.32. The van der Waals surface area contributed by atoms with Crippen molar-refractivity contribution in [1.29, 1.82) is 0 Å². The minimum atomic E-state index is -0.457. The number of nitrogens with zero attached hydrogens (tertiary/aromatic N) is 2. The van der Waals surface area contributed by atoms with E-state index in [2.05, 4.69) is 307 Å². The molecule has 85 heavy (non-hydrogen) atoms. The standard InChI is InChI=1S/C82H62N2S/c1-49-24-35-63-65-38-31-56(46-75(65)80(4,5)73(63)42-49)84(57-32-39-66-64-36-25-50(2)43-74(64)81(6,7)76(66)47-57)54-30-37-59(51(3)44-54)52-26-28-53(29-27-52)83(55-34-41-79-69(45-55)68-19-11-15-23-78(68)85-79)58-33-40-67-62-18-10-14-22-72(62)82(77(67)48-58)70-20-12-8-16-60(70)61-17-9-13-21-71(61)82/h8-48H,1-7H3. The van der Waals surface area contributed by atoms with E-state index >= 15 is 0 Å². The van der Waals surface area contributed by atoms with Crippen LogP contribution in [0.3, 0.4) is 0 Å². The van der Waals surface area contributed by atoms with E-state index in [1.807, 2.05) is 11.3 Å². The van der Waals surface area contributed by atoms with Crippen LogP contribution in [0.5, 0.6) is 0 Å². The summed E-state index contributed by atoms with van der Waals surface area (Å²) in [5.74, 6) is 0. The van der Waals surface area contributed by atoms with Crippen LogP contribution < -0.4 is 9.80 Å². The zero-order valence-corrected chi connectivity index (χ0v) is 49.8. The Morgan fingerprint density at radius 1 is 0.271 bits per heavy atom. The zero-order chi connectivity index (χ0) is 57.3. The lowest BCUT2D eigenvalue weighted by atomic mass is 9.70. The summed E-state index contributed by atoms with van der Waals surface area (Å²) in [6.07, 6.45) is 0. The van der Waals surface area contributed by atoms with E-state index in [0.717, 1.165) is 34.1 Å². The summed E-state index contributed by atoms with van der Waals surface area (Å²) < 4.78 is 2.60. The molecular weight excluding hydrogens is 1040 g/mol. The Kier molecular flexibility index (Phi) is 10.6. The van der Waals surface area contributed by atoms with Crippen LogP contribution in [-0.2, 0) is 16.2 Å². The molecule has 0 bridgehead atoms. The van der Waals surface area contributed by atoms with Crippen molar-refractivity contribution in [3.05, 3.63) is 310 Å². The van der Waals surface area contributed by atoms with Gasteiger partial charge < -0.3 is 9.80 Å². The highest BCUT2D eigenvalue weighted by Crippen LogP contribution is 2.64. The topological polar surface area (TPSA) is 6.48 Å². The molecule has 0 N–H and O–H groups in total. The van der Waals surface area contributed by atoms with Crippen LogP contribution in [0.4, 0.5) is 34.1 Å². The monoisotopic (exact) mass is 1110 g/mol. The quantitative estimate of drug-likeness (QED) is 0.157. The van der Waals surface area contributed by atoms with Gasteiger partial charge in [0.1, 0.15) is 0 Å². The molecule has 1 aromatic heterocycles. The van der Waals surface area contributed by atoms with Crippen LogP contribution in [0.1, 0.15) is 88.9 Å². The Morgan fingerprint density at radius 2 is 0.635 bits per heavy atom. The van der Waals surface area contributed by atoms with Crippen molar-refractivity contribution in [2.75, 3.05) is 9.80 Å². The van der Waals surface area contributed by atoms with Gasteiger partial charge in [0.2, 0.25) is 0 Å². The SMILES string of the molecule is Cc1ccc2c(c1)C(C)(C)c1cc(N(c3ccc(-c4ccc(N(c5ccc6c(c5)C5(c7ccccc7-c7ccccc75)c5ccccc5-6)c5ccc6sc7ccccc7c6c5)cc4)c(C)c3)c3ccc4c(c3)C(C)(C)c3cc(C)ccc3-4)ccc1-2.